The molecule has 76 valence electrons. The fraction of sp³-hybridized carbons (Fsp3) is 0. The van der Waals surface area contributed by atoms with Crippen molar-refractivity contribution in [2.24, 2.45) is 0 Å². The lowest BCUT2D eigenvalue weighted by Crippen LogP contribution is -2.04. The van der Waals surface area contributed by atoms with Crippen LogP contribution in [-0.4, -0.2) is 21.5 Å². The molecule has 0 atom stereocenters. The van der Waals surface area contributed by atoms with Crippen molar-refractivity contribution in [2.45, 2.75) is 0 Å². The van der Waals surface area contributed by atoms with Gasteiger partial charge in [0.05, 0.1) is 5.56 Å². The second-order valence-electron chi connectivity index (χ2n) is 2.84. The van der Waals surface area contributed by atoms with Gasteiger partial charge in [-0.15, -0.1) is 5.10 Å². The predicted molar refractivity (Wildman–Crippen MR) is 52.7 cm³/mol. The molecule has 0 saturated carbocycles. The van der Waals surface area contributed by atoms with Crippen molar-refractivity contribution >= 4 is 6.16 Å². The topological polar surface area (TPSA) is 75.2 Å². The number of aromatic amines is 1. The third kappa shape index (κ3) is 1.96. The Bertz CT molecular complexity index is 465. The summed E-state index contributed by atoms with van der Waals surface area (Å²) in [6.07, 6.45) is 0.215. The van der Waals surface area contributed by atoms with Crippen molar-refractivity contribution in [3.05, 3.63) is 36.5 Å². The molecule has 1 heterocycles. The molecule has 0 unspecified atom stereocenters. The van der Waals surface area contributed by atoms with Crippen molar-refractivity contribution < 1.29 is 14.6 Å². The lowest BCUT2D eigenvalue weighted by molar-refractivity contribution is 0.142. The first-order valence-corrected chi connectivity index (χ1v) is 4.27. The first-order valence-electron chi connectivity index (χ1n) is 4.27. The molecule has 0 saturated heterocycles. The zero-order valence-electron chi connectivity index (χ0n) is 7.68. The minimum absolute atomic E-state index is 0.0636. The van der Waals surface area contributed by atoms with Gasteiger partial charge < -0.3 is 9.84 Å². The van der Waals surface area contributed by atoms with Gasteiger partial charge >= 0.3 is 6.16 Å². The van der Waals surface area contributed by atoms with Crippen LogP contribution in [0.2, 0.25) is 0 Å². The maximum atomic E-state index is 10.4. The van der Waals surface area contributed by atoms with E-state index >= 15 is 0 Å². The van der Waals surface area contributed by atoms with Crippen LogP contribution in [0.15, 0.2) is 36.5 Å². The smallest absolute Gasteiger partial charge is 0.449 e. The van der Waals surface area contributed by atoms with Crippen molar-refractivity contribution in [2.75, 3.05) is 0 Å². The lowest BCUT2D eigenvalue weighted by atomic mass is 10.1. The van der Waals surface area contributed by atoms with Crippen LogP contribution < -0.4 is 4.74 Å². The molecule has 5 nitrogen and oxygen atoms in total. The minimum atomic E-state index is -1.38. The third-order valence-electron chi connectivity index (χ3n) is 1.87. The highest BCUT2D eigenvalue weighted by molar-refractivity contribution is 5.71. The van der Waals surface area contributed by atoms with Gasteiger partial charge in [0.15, 0.2) is 0 Å². The van der Waals surface area contributed by atoms with E-state index in [4.69, 9.17) is 5.11 Å². The molecule has 2 aromatic rings. The van der Waals surface area contributed by atoms with Crippen molar-refractivity contribution in [1.82, 2.24) is 10.2 Å². The number of ether oxygens (including phenoxy) is 1. The van der Waals surface area contributed by atoms with E-state index in [0.717, 1.165) is 5.56 Å². The van der Waals surface area contributed by atoms with Gasteiger partial charge in [0, 0.05) is 6.20 Å². The first kappa shape index (κ1) is 9.26. The maximum Gasteiger partial charge on any atom is 0.512 e. The van der Waals surface area contributed by atoms with Crippen molar-refractivity contribution in [1.29, 1.82) is 0 Å². The highest BCUT2D eigenvalue weighted by atomic mass is 16.7. The molecule has 2 N–H and O–H groups in total. The van der Waals surface area contributed by atoms with E-state index in [1.54, 1.807) is 6.20 Å². The van der Waals surface area contributed by atoms with Gasteiger partial charge in [-0.2, -0.15) is 0 Å². The Morgan fingerprint density at radius 2 is 2.07 bits per heavy atom. The maximum absolute atomic E-state index is 10.4. The van der Waals surface area contributed by atoms with Gasteiger partial charge in [-0.05, 0) is 5.56 Å². The van der Waals surface area contributed by atoms with Crippen LogP contribution in [0, 0.1) is 0 Å². The Morgan fingerprint density at radius 3 is 2.73 bits per heavy atom. The predicted octanol–water partition coefficient (Wildman–Crippen LogP) is 2.13. The molecule has 0 spiro atoms. The molecule has 0 radical (unpaired) electrons. The van der Waals surface area contributed by atoms with Crippen LogP contribution in [0.3, 0.4) is 0 Å². The third-order valence-corrected chi connectivity index (χ3v) is 1.87. The summed E-state index contributed by atoms with van der Waals surface area (Å²) < 4.78 is 4.51. The molecule has 0 amide bonds. The number of carbonyl (C=O) groups is 1. The molecular weight excluding hydrogens is 196 g/mol. The summed E-state index contributed by atoms with van der Waals surface area (Å²) in [7, 11) is 0. The van der Waals surface area contributed by atoms with Crippen LogP contribution in [0.4, 0.5) is 4.79 Å². The highest BCUT2D eigenvalue weighted by Gasteiger charge is 2.11. The summed E-state index contributed by atoms with van der Waals surface area (Å²) in [5.41, 5.74) is 1.47. The average molecular weight is 204 g/mol. The second kappa shape index (κ2) is 3.83. The number of nitrogens with zero attached hydrogens (tertiary/aromatic N) is 1. The quantitative estimate of drug-likeness (QED) is 0.735. The van der Waals surface area contributed by atoms with Crippen LogP contribution in [0.5, 0.6) is 5.88 Å². The number of nitrogens with one attached hydrogen (secondary N) is 1. The Kier molecular flexibility index (Phi) is 2.37. The standard InChI is InChI=1S/C10H8N2O3/c13-10(14)15-9-8(6-11-12-9)7-4-2-1-3-5-7/h1-6H,(H,11,12)(H,13,14). The summed E-state index contributed by atoms with van der Waals surface area (Å²) >= 11 is 0. The van der Waals surface area contributed by atoms with E-state index in [1.807, 2.05) is 30.3 Å². The fourth-order valence-electron chi connectivity index (χ4n) is 1.26. The molecule has 0 aliphatic carbocycles. The molecule has 0 fully saturated rings. The van der Waals surface area contributed by atoms with E-state index < -0.39 is 6.16 Å². The first-order chi connectivity index (χ1) is 7.27. The summed E-state index contributed by atoms with van der Waals surface area (Å²) in [6, 6.07) is 9.28. The molecule has 0 bridgehead atoms. The largest absolute Gasteiger partial charge is 0.512 e. The number of hydrogen-bond donors (Lipinski definition) is 2. The monoisotopic (exact) mass is 204 g/mol. The number of rotatable bonds is 2. The van der Waals surface area contributed by atoms with Gasteiger partial charge in [0.2, 0.25) is 0 Å². The average Bonchev–Trinajstić information content (AvgIpc) is 2.66. The normalized spacial score (nSPS) is 9.87. The SMILES string of the molecule is O=C(O)Oc1n[nH]cc1-c1ccccc1. The van der Waals surface area contributed by atoms with Crippen LogP contribution in [0.1, 0.15) is 0 Å². The number of hydrogen-bond acceptors (Lipinski definition) is 3. The van der Waals surface area contributed by atoms with Gasteiger partial charge in [0.25, 0.3) is 5.88 Å². The molecular formula is C10H8N2O3. The number of H-pyrrole nitrogens is 1. The number of aromatic nitrogens is 2. The molecule has 1 aromatic carbocycles. The van der Waals surface area contributed by atoms with E-state index in [9.17, 15) is 4.79 Å². The van der Waals surface area contributed by atoms with Crippen molar-refractivity contribution in [3.63, 3.8) is 0 Å². The Labute approximate surface area is 85.3 Å². The van der Waals surface area contributed by atoms with E-state index in [-0.39, 0.29) is 5.88 Å². The number of carboxylic acid groups (broad SMARTS) is 1. The second-order valence-corrected chi connectivity index (χ2v) is 2.84. The van der Waals surface area contributed by atoms with Gasteiger partial charge in [-0.1, -0.05) is 30.3 Å². The van der Waals surface area contributed by atoms with Crippen molar-refractivity contribution in [3.8, 4) is 17.0 Å². The molecule has 0 aliphatic heterocycles. The molecule has 5 heteroatoms. The molecule has 2 rings (SSSR count). The van der Waals surface area contributed by atoms with Gasteiger partial charge in [-0.3, -0.25) is 5.10 Å². The van der Waals surface area contributed by atoms with E-state index in [0.29, 0.717) is 5.56 Å². The lowest BCUT2D eigenvalue weighted by Gasteiger charge is -1.99. The molecule has 0 aliphatic rings. The van der Waals surface area contributed by atoms with Gasteiger partial charge in [-0.25, -0.2) is 4.79 Å². The Hall–Kier alpha value is -2.30. The van der Waals surface area contributed by atoms with Crippen LogP contribution >= 0.6 is 0 Å². The minimum Gasteiger partial charge on any atom is -0.449 e. The van der Waals surface area contributed by atoms with E-state index in [2.05, 4.69) is 14.9 Å². The van der Waals surface area contributed by atoms with E-state index in [1.165, 1.54) is 0 Å². The van der Waals surface area contributed by atoms with Crippen LogP contribution in [0.25, 0.3) is 11.1 Å². The number of benzene rings is 1. The summed E-state index contributed by atoms with van der Waals surface area (Å²) in [4.78, 5) is 10.4. The zero-order chi connectivity index (χ0) is 10.7. The Morgan fingerprint density at radius 1 is 1.33 bits per heavy atom. The summed E-state index contributed by atoms with van der Waals surface area (Å²) in [5.74, 6) is 0.0636. The highest BCUT2D eigenvalue weighted by Crippen LogP contribution is 2.27. The summed E-state index contributed by atoms with van der Waals surface area (Å²) in [6.45, 7) is 0. The Balaban J connectivity index is 2.37. The fourth-order valence-corrected chi connectivity index (χ4v) is 1.26. The van der Waals surface area contributed by atoms with Gasteiger partial charge in [0.1, 0.15) is 0 Å². The molecule has 1 aromatic heterocycles. The van der Waals surface area contributed by atoms with Crippen LogP contribution in [-0.2, 0) is 0 Å². The zero-order valence-corrected chi connectivity index (χ0v) is 7.68. The summed E-state index contributed by atoms with van der Waals surface area (Å²) in [5, 5.41) is 14.7. The molecule has 15 heavy (non-hydrogen) atoms.